The van der Waals surface area contributed by atoms with Gasteiger partial charge in [-0.3, -0.25) is 14.4 Å². The SMILES string of the molecule is CCN(C(=O)C(CC(N)=O)NC(=O)OC(C)(C)C)C(C(=O)Nc1c(C)cccc1C)c1ccc(O)c(C)c1. The van der Waals surface area contributed by atoms with Crippen LogP contribution in [-0.4, -0.2) is 52.0 Å². The van der Waals surface area contributed by atoms with Crippen molar-refractivity contribution in [1.29, 1.82) is 0 Å². The fourth-order valence-corrected chi connectivity index (χ4v) is 4.04. The summed E-state index contributed by atoms with van der Waals surface area (Å²) in [6, 6.07) is 7.69. The Labute approximate surface area is 223 Å². The Hall–Kier alpha value is -4.08. The Kier molecular flexibility index (Phi) is 9.87. The maximum atomic E-state index is 13.8. The lowest BCUT2D eigenvalue weighted by Crippen LogP contribution is -2.53. The first kappa shape index (κ1) is 30.1. The first-order chi connectivity index (χ1) is 17.6. The number of anilines is 1. The number of nitrogens with one attached hydrogen (secondary N) is 2. The second kappa shape index (κ2) is 12.4. The molecule has 5 N–H and O–H groups in total. The lowest BCUT2D eigenvalue weighted by molar-refractivity contribution is -0.141. The van der Waals surface area contributed by atoms with Crippen molar-refractivity contribution in [1.82, 2.24) is 10.2 Å². The van der Waals surface area contributed by atoms with Crippen molar-refractivity contribution in [3.63, 3.8) is 0 Å². The molecule has 0 radical (unpaired) electrons. The van der Waals surface area contributed by atoms with E-state index in [1.165, 1.54) is 11.0 Å². The van der Waals surface area contributed by atoms with Gasteiger partial charge in [-0.2, -0.15) is 0 Å². The number of hydrogen-bond acceptors (Lipinski definition) is 6. The molecule has 2 unspecified atom stereocenters. The molecule has 206 valence electrons. The van der Waals surface area contributed by atoms with Crippen LogP contribution >= 0.6 is 0 Å². The van der Waals surface area contributed by atoms with Crippen molar-refractivity contribution >= 4 is 29.5 Å². The van der Waals surface area contributed by atoms with Crippen LogP contribution in [0.15, 0.2) is 36.4 Å². The van der Waals surface area contributed by atoms with E-state index in [1.807, 2.05) is 32.0 Å². The minimum Gasteiger partial charge on any atom is -0.508 e. The third kappa shape index (κ3) is 7.96. The summed E-state index contributed by atoms with van der Waals surface area (Å²) in [7, 11) is 0. The number of likely N-dealkylation sites (N-methyl/N-ethyl adjacent to an activating group) is 1. The van der Waals surface area contributed by atoms with Gasteiger partial charge in [0.25, 0.3) is 5.91 Å². The Morgan fingerprint density at radius 2 is 1.63 bits per heavy atom. The minimum absolute atomic E-state index is 0.0372. The Morgan fingerprint density at radius 1 is 1.03 bits per heavy atom. The zero-order chi connectivity index (χ0) is 28.8. The van der Waals surface area contributed by atoms with Crippen LogP contribution in [0, 0.1) is 20.8 Å². The molecule has 0 aromatic heterocycles. The summed E-state index contributed by atoms with van der Waals surface area (Å²) in [6.45, 7) is 12.1. The summed E-state index contributed by atoms with van der Waals surface area (Å²) >= 11 is 0. The number of phenols is 1. The second-order valence-corrected chi connectivity index (χ2v) is 10.2. The summed E-state index contributed by atoms with van der Waals surface area (Å²) < 4.78 is 5.26. The molecule has 2 atom stereocenters. The van der Waals surface area contributed by atoms with Crippen LogP contribution in [0.5, 0.6) is 5.75 Å². The molecule has 0 saturated carbocycles. The van der Waals surface area contributed by atoms with E-state index in [4.69, 9.17) is 10.5 Å². The number of carbonyl (C=O) groups is 4. The average Bonchev–Trinajstić information content (AvgIpc) is 2.79. The molecule has 38 heavy (non-hydrogen) atoms. The molecule has 0 fully saturated rings. The molecule has 4 amide bonds. The minimum atomic E-state index is -1.36. The first-order valence-electron chi connectivity index (χ1n) is 12.4. The molecule has 0 saturated heterocycles. The molecular formula is C28H38N4O6. The van der Waals surface area contributed by atoms with Gasteiger partial charge in [0.15, 0.2) is 0 Å². The molecule has 0 aliphatic rings. The van der Waals surface area contributed by atoms with Gasteiger partial charge in [0.2, 0.25) is 11.8 Å². The number of para-hydroxylation sites is 1. The molecule has 0 spiro atoms. The molecule has 2 rings (SSSR count). The van der Waals surface area contributed by atoms with E-state index in [0.717, 1.165) is 11.1 Å². The highest BCUT2D eigenvalue weighted by atomic mass is 16.6. The molecule has 0 aliphatic heterocycles. The largest absolute Gasteiger partial charge is 0.508 e. The fraction of sp³-hybridized carbons (Fsp3) is 0.429. The van der Waals surface area contributed by atoms with Gasteiger partial charge in [-0.1, -0.05) is 24.3 Å². The first-order valence-corrected chi connectivity index (χ1v) is 12.4. The van der Waals surface area contributed by atoms with Crippen molar-refractivity contribution in [2.45, 2.75) is 72.6 Å². The van der Waals surface area contributed by atoms with E-state index < -0.39 is 47.9 Å². The Morgan fingerprint density at radius 3 is 2.13 bits per heavy atom. The molecule has 0 heterocycles. The number of alkyl carbamates (subject to hydrolysis) is 1. The van der Waals surface area contributed by atoms with Gasteiger partial charge in [-0.25, -0.2) is 4.79 Å². The average molecular weight is 527 g/mol. The van der Waals surface area contributed by atoms with Crippen LogP contribution in [0.2, 0.25) is 0 Å². The van der Waals surface area contributed by atoms with Crippen molar-refractivity contribution in [2.75, 3.05) is 11.9 Å². The number of benzene rings is 2. The van der Waals surface area contributed by atoms with Crippen molar-refractivity contribution in [3.8, 4) is 5.75 Å². The highest BCUT2D eigenvalue weighted by molar-refractivity contribution is 6.00. The Bertz CT molecular complexity index is 1180. The van der Waals surface area contributed by atoms with Gasteiger partial charge in [0, 0.05) is 12.2 Å². The number of aryl methyl sites for hydroxylation is 3. The van der Waals surface area contributed by atoms with Crippen LogP contribution in [0.3, 0.4) is 0 Å². The summed E-state index contributed by atoms with van der Waals surface area (Å²) in [5, 5.41) is 15.4. The number of nitrogens with zero attached hydrogens (tertiary/aromatic N) is 1. The summed E-state index contributed by atoms with van der Waals surface area (Å²) in [4.78, 5) is 53.1. The lowest BCUT2D eigenvalue weighted by atomic mass is 9.99. The molecule has 0 aliphatic carbocycles. The third-order valence-corrected chi connectivity index (χ3v) is 5.84. The highest BCUT2D eigenvalue weighted by Crippen LogP contribution is 2.29. The number of nitrogens with two attached hydrogens (primary N) is 1. The van der Waals surface area contributed by atoms with Crippen LogP contribution < -0.4 is 16.4 Å². The number of phenolic OH excluding ortho intramolecular Hbond substituents is 1. The predicted octanol–water partition coefficient (Wildman–Crippen LogP) is 3.61. The van der Waals surface area contributed by atoms with Gasteiger partial charge in [0.1, 0.15) is 23.4 Å². The molecule has 10 nitrogen and oxygen atoms in total. The zero-order valence-electron chi connectivity index (χ0n) is 23.0. The fourth-order valence-electron chi connectivity index (χ4n) is 4.04. The molecule has 10 heteroatoms. The maximum Gasteiger partial charge on any atom is 0.408 e. The predicted molar refractivity (Wildman–Crippen MR) is 144 cm³/mol. The van der Waals surface area contributed by atoms with Crippen LogP contribution in [0.1, 0.15) is 62.4 Å². The van der Waals surface area contributed by atoms with Crippen LogP contribution in [0.4, 0.5) is 10.5 Å². The van der Waals surface area contributed by atoms with Crippen molar-refractivity contribution < 1.29 is 29.0 Å². The van der Waals surface area contributed by atoms with Gasteiger partial charge in [-0.15, -0.1) is 0 Å². The number of carbonyl (C=O) groups excluding carboxylic acids is 4. The van der Waals surface area contributed by atoms with Crippen LogP contribution in [0.25, 0.3) is 0 Å². The van der Waals surface area contributed by atoms with Crippen LogP contribution in [-0.2, 0) is 19.1 Å². The molecule has 0 bridgehead atoms. The number of hydrogen-bond donors (Lipinski definition) is 4. The molecule has 2 aromatic carbocycles. The van der Waals surface area contributed by atoms with Gasteiger partial charge in [-0.05, 0) is 82.9 Å². The zero-order valence-corrected chi connectivity index (χ0v) is 23.0. The maximum absolute atomic E-state index is 13.8. The molecular weight excluding hydrogens is 488 g/mol. The summed E-state index contributed by atoms with van der Waals surface area (Å²) in [5.41, 5.74) is 7.79. The number of aromatic hydroxyl groups is 1. The summed E-state index contributed by atoms with van der Waals surface area (Å²) in [6.07, 6.45) is -1.39. The van der Waals surface area contributed by atoms with Crippen molar-refractivity contribution in [2.24, 2.45) is 5.73 Å². The van der Waals surface area contributed by atoms with E-state index in [0.29, 0.717) is 16.8 Å². The van der Waals surface area contributed by atoms with Gasteiger partial charge >= 0.3 is 6.09 Å². The number of rotatable bonds is 9. The van der Waals surface area contributed by atoms with Gasteiger partial charge < -0.3 is 31.1 Å². The Balaban J connectivity index is 2.54. The molecule has 2 aromatic rings. The second-order valence-electron chi connectivity index (χ2n) is 10.2. The monoisotopic (exact) mass is 526 g/mol. The van der Waals surface area contributed by atoms with E-state index in [-0.39, 0.29) is 12.3 Å². The normalized spacial score (nSPS) is 12.7. The van der Waals surface area contributed by atoms with E-state index >= 15 is 0 Å². The standard InChI is InChI=1S/C28H38N4O6/c1-8-32(26(36)20(15-22(29)34)30-27(37)38-28(5,6)7)24(19-12-13-21(33)18(4)14-19)25(35)31-23-16(2)10-9-11-17(23)3/h9-14,20,24,33H,8,15H2,1-7H3,(H2,29,34)(H,30,37)(H,31,35). The number of amides is 4. The lowest BCUT2D eigenvalue weighted by Gasteiger charge is -2.34. The van der Waals surface area contributed by atoms with E-state index in [9.17, 15) is 24.3 Å². The van der Waals surface area contributed by atoms with Crippen molar-refractivity contribution in [3.05, 3.63) is 58.7 Å². The summed E-state index contributed by atoms with van der Waals surface area (Å²) in [5.74, 6) is -1.97. The number of primary amides is 1. The quantitative estimate of drug-likeness (QED) is 0.392. The topological polar surface area (TPSA) is 151 Å². The number of ether oxygens (including phenoxy) is 1. The third-order valence-electron chi connectivity index (χ3n) is 5.84. The van der Waals surface area contributed by atoms with E-state index in [2.05, 4.69) is 10.6 Å². The smallest absolute Gasteiger partial charge is 0.408 e. The van der Waals surface area contributed by atoms with E-state index in [1.54, 1.807) is 46.8 Å². The highest BCUT2D eigenvalue weighted by Gasteiger charge is 2.36. The van der Waals surface area contributed by atoms with Gasteiger partial charge in [0.05, 0.1) is 6.42 Å².